The molecule has 0 spiro atoms. The van der Waals surface area contributed by atoms with Crippen LogP contribution in [0.5, 0.6) is 0 Å². The second-order valence-corrected chi connectivity index (χ2v) is 3.30. The Morgan fingerprint density at radius 2 is 2.00 bits per heavy atom. The van der Waals surface area contributed by atoms with E-state index in [1.165, 1.54) is 19.3 Å². The Labute approximate surface area is 80.7 Å². The lowest BCUT2D eigenvalue weighted by Crippen LogP contribution is -2.16. The summed E-state index contributed by atoms with van der Waals surface area (Å²) in [5.74, 6) is 0. The molecule has 1 atom stereocenters. The molecule has 80 valence electrons. The molecule has 0 aliphatic heterocycles. The third-order valence-electron chi connectivity index (χ3n) is 1.94. The summed E-state index contributed by atoms with van der Waals surface area (Å²) in [6.07, 6.45) is 5.17. The zero-order valence-electron chi connectivity index (χ0n) is 8.54. The predicted molar refractivity (Wildman–Crippen MR) is 52.7 cm³/mol. The molecule has 0 radical (unpaired) electrons. The zero-order chi connectivity index (χ0) is 9.94. The molecule has 0 aromatic carbocycles. The Kier molecular flexibility index (Phi) is 9.87. The fourth-order valence-electron chi connectivity index (χ4n) is 1.17. The Morgan fingerprint density at radius 1 is 1.23 bits per heavy atom. The molecule has 0 rings (SSSR count). The highest BCUT2D eigenvalue weighted by Gasteiger charge is 2.02. The maximum Gasteiger partial charge on any atom is 0.0773 e. The summed E-state index contributed by atoms with van der Waals surface area (Å²) >= 11 is 0. The molecular formula is C10H22O3. The van der Waals surface area contributed by atoms with Crippen LogP contribution in [0.2, 0.25) is 0 Å². The normalized spacial score (nSPS) is 13.2. The van der Waals surface area contributed by atoms with Gasteiger partial charge >= 0.3 is 0 Å². The van der Waals surface area contributed by atoms with E-state index in [9.17, 15) is 5.11 Å². The van der Waals surface area contributed by atoms with Crippen molar-refractivity contribution in [1.29, 1.82) is 0 Å². The van der Waals surface area contributed by atoms with Crippen molar-refractivity contribution in [3.63, 3.8) is 0 Å². The van der Waals surface area contributed by atoms with Crippen LogP contribution >= 0.6 is 0 Å². The first-order chi connectivity index (χ1) is 6.31. The molecule has 0 aromatic heterocycles. The second kappa shape index (κ2) is 9.96. The molecule has 0 amide bonds. The number of aliphatic hydroxyl groups is 2. The number of hydrogen-bond acceptors (Lipinski definition) is 3. The van der Waals surface area contributed by atoms with Gasteiger partial charge in [0.05, 0.1) is 25.9 Å². The van der Waals surface area contributed by atoms with Gasteiger partial charge in [0.1, 0.15) is 0 Å². The average Bonchev–Trinajstić information content (AvgIpc) is 2.13. The molecular weight excluding hydrogens is 168 g/mol. The molecule has 2 N–H and O–H groups in total. The van der Waals surface area contributed by atoms with Gasteiger partial charge in [-0.2, -0.15) is 0 Å². The van der Waals surface area contributed by atoms with Crippen LogP contribution in [0.4, 0.5) is 0 Å². The quantitative estimate of drug-likeness (QED) is 0.539. The lowest BCUT2D eigenvalue weighted by Gasteiger charge is -2.09. The van der Waals surface area contributed by atoms with Gasteiger partial charge in [0.25, 0.3) is 0 Å². The molecule has 3 nitrogen and oxygen atoms in total. The standard InChI is InChI=1S/C10H22O3/c1-2-3-4-5-6-10(12)9-13-8-7-11/h10-12H,2-9H2,1H3. The van der Waals surface area contributed by atoms with Crippen LogP contribution in [0.3, 0.4) is 0 Å². The van der Waals surface area contributed by atoms with Gasteiger partial charge < -0.3 is 14.9 Å². The van der Waals surface area contributed by atoms with Crippen LogP contribution in [-0.2, 0) is 4.74 Å². The molecule has 13 heavy (non-hydrogen) atoms. The lowest BCUT2D eigenvalue weighted by molar-refractivity contribution is 0.0170. The van der Waals surface area contributed by atoms with E-state index in [-0.39, 0.29) is 12.7 Å². The Morgan fingerprint density at radius 3 is 2.62 bits per heavy atom. The molecule has 0 heterocycles. The third-order valence-corrected chi connectivity index (χ3v) is 1.94. The minimum Gasteiger partial charge on any atom is -0.394 e. The van der Waals surface area contributed by atoms with E-state index in [4.69, 9.17) is 9.84 Å². The first-order valence-corrected chi connectivity index (χ1v) is 5.18. The molecule has 1 unspecified atom stereocenters. The summed E-state index contributed by atoms with van der Waals surface area (Å²) in [5, 5.41) is 17.8. The first kappa shape index (κ1) is 12.9. The fourth-order valence-corrected chi connectivity index (χ4v) is 1.17. The van der Waals surface area contributed by atoms with Gasteiger partial charge in [-0.15, -0.1) is 0 Å². The van der Waals surface area contributed by atoms with Crippen molar-refractivity contribution in [3.05, 3.63) is 0 Å². The summed E-state index contributed by atoms with van der Waals surface area (Å²) in [6.45, 7) is 2.88. The topological polar surface area (TPSA) is 49.7 Å². The molecule has 0 aliphatic rings. The van der Waals surface area contributed by atoms with E-state index < -0.39 is 0 Å². The van der Waals surface area contributed by atoms with Gasteiger partial charge in [0.2, 0.25) is 0 Å². The van der Waals surface area contributed by atoms with Gasteiger partial charge in [0, 0.05) is 0 Å². The summed E-state index contributed by atoms with van der Waals surface area (Å²) in [6, 6.07) is 0. The maximum absolute atomic E-state index is 9.37. The summed E-state index contributed by atoms with van der Waals surface area (Å²) in [5.41, 5.74) is 0. The zero-order valence-corrected chi connectivity index (χ0v) is 8.54. The highest BCUT2D eigenvalue weighted by Crippen LogP contribution is 2.05. The van der Waals surface area contributed by atoms with Gasteiger partial charge in [-0.25, -0.2) is 0 Å². The van der Waals surface area contributed by atoms with Crippen LogP contribution in [0.25, 0.3) is 0 Å². The van der Waals surface area contributed by atoms with Crippen molar-refractivity contribution in [3.8, 4) is 0 Å². The molecule has 0 aromatic rings. The van der Waals surface area contributed by atoms with Crippen molar-refractivity contribution < 1.29 is 14.9 Å². The number of hydrogen-bond donors (Lipinski definition) is 2. The molecule has 0 aliphatic carbocycles. The van der Waals surface area contributed by atoms with Crippen LogP contribution in [-0.4, -0.2) is 36.1 Å². The SMILES string of the molecule is CCCCCCC(O)COCCO. The number of unbranched alkanes of at least 4 members (excludes halogenated alkanes) is 3. The van der Waals surface area contributed by atoms with Crippen molar-refractivity contribution in [2.75, 3.05) is 19.8 Å². The molecule has 0 bridgehead atoms. The maximum atomic E-state index is 9.37. The van der Waals surface area contributed by atoms with Crippen LogP contribution in [0.1, 0.15) is 39.0 Å². The molecule has 0 fully saturated rings. The number of rotatable bonds is 9. The number of aliphatic hydroxyl groups excluding tert-OH is 2. The van der Waals surface area contributed by atoms with E-state index in [0.717, 1.165) is 12.8 Å². The van der Waals surface area contributed by atoms with Gasteiger partial charge in [0.15, 0.2) is 0 Å². The first-order valence-electron chi connectivity index (χ1n) is 5.18. The smallest absolute Gasteiger partial charge is 0.0773 e. The van der Waals surface area contributed by atoms with Crippen molar-refractivity contribution in [1.82, 2.24) is 0 Å². The highest BCUT2D eigenvalue weighted by molar-refractivity contribution is 4.54. The van der Waals surface area contributed by atoms with E-state index in [1.54, 1.807) is 0 Å². The van der Waals surface area contributed by atoms with Gasteiger partial charge in [-0.1, -0.05) is 32.6 Å². The minimum absolute atomic E-state index is 0.0303. The van der Waals surface area contributed by atoms with E-state index in [0.29, 0.717) is 13.2 Å². The van der Waals surface area contributed by atoms with Crippen LogP contribution in [0, 0.1) is 0 Å². The van der Waals surface area contributed by atoms with Crippen LogP contribution < -0.4 is 0 Å². The Balaban J connectivity index is 3.05. The summed E-state index contributed by atoms with van der Waals surface area (Å²) in [7, 11) is 0. The van der Waals surface area contributed by atoms with Gasteiger partial charge in [-0.05, 0) is 6.42 Å². The minimum atomic E-state index is -0.358. The Bertz CT molecular complexity index is 96.2. The van der Waals surface area contributed by atoms with Crippen molar-refractivity contribution in [2.24, 2.45) is 0 Å². The van der Waals surface area contributed by atoms with Crippen molar-refractivity contribution >= 4 is 0 Å². The Hall–Kier alpha value is -0.120. The molecule has 0 saturated heterocycles. The van der Waals surface area contributed by atoms with E-state index in [2.05, 4.69) is 6.92 Å². The largest absolute Gasteiger partial charge is 0.394 e. The monoisotopic (exact) mass is 190 g/mol. The summed E-state index contributed by atoms with van der Waals surface area (Å²) in [4.78, 5) is 0. The van der Waals surface area contributed by atoms with E-state index in [1.807, 2.05) is 0 Å². The van der Waals surface area contributed by atoms with Gasteiger partial charge in [-0.3, -0.25) is 0 Å². The second-order valence-electron chi connectivity index (χ2n) is 3.30. The third kappa shape index (κ3) is 9.80. The summed E-state index contributed by atoms with van der Waals surface area (Å²) < 4.78 is 5.00. The highest BCUT2D eigenvalue weighted by atomic mass is 16.5. The average molecular weight is 190 g/mol. The molecule has 0 saturated carbocycles. The van der Waals surface area contributed by atoms with Crippen molar-refractivity contribution in [2.45, 2.75) is 45.1 Å². The van der Waals surface area contributed by atoms with Crippen LogP contribution in [0.15, 0.2) is 0 Å². The molecule has 3 heteroatoms. The fraction of sp³-hybridized carbons (Fsp3) is 1.00. The number of ether oxygens (including phenoxy) is 1. The lowest BCUT2D eigenvalue weighted by atomic mass is 10.1. The van der Waals surface area contributed by atoms with E-state index >= 15 is 0 Å². The predicted octanol–water partition coefficient (Wildman–Crippen LogP) is 1.33.